The molecule has 0 aromatic heterocycles. The summed E-state index contributed by atoms with van der Waals surface area (Å²) in [5.74, 6) is 0. The Morgan fingerprint density at radius 3 is 2.28 bits per heavy atom. The summed E-state index contributed by atoms with van der Waals surface area (Å²) >= 11 is 0. The molecule has 2 heterocycles. The summed E-state index contributed by atoms with van der Waals surface area (Å²) in [6.45, 7) is 4.50. The highest BCUT2D eigenvalue weighted by Gasteiger charge is 2.52. The van der Waals surface area contributed by atoms with E-state index in [1.807, 2.05) is 62.4 Å². The van der Waals surface area contributed by atoms with E-state index < -0.39 is 12.6 Å². The van der Waals surface area contributed by atoms with Gasteiger partial charge in [-0.25, -0.2) is 0 Å². The molecular weight excluding hydrogens is 368 g/mol. The van der Waals surface area contributed by atoms with Crippen molar-refractivity contribution in [3.05, 3.63) is 77.4 Å². The number of fused-ring (bicyclic) bond motifs is 1. The molecule has 2 saturated heterocycles. The summed E-state index contributed by atoms with van der Waals surface area (Å²) in [7, 11) is 1.63. The molecule has 0 saturated carbocycles. The van der Waals surface area contributed by atoms with Crippen LogP contribution in [0.5, 0.6) is 0 Å². The van der Waals surface area contributed by atoms with Crippen molar-refractivity contribution in [1.82, 2.24) is 0 Å². The molecule has 29 heavy (non-hydrogen) atoms. The zero-order valence-corrected chi connectivity index (χ0v) is 17.1. The molecule has 4 rings (SSSR count). The lowest BCUT2D eigenvalue weighted by atomic mass is 9.99. The summed E-state index contributed by atoms with van der Waals surface area (Å²) in [5.41, 5.74) is 3.22. The monoisotopic (exact) mass is 396 g/mol. The predicted octanol–water partition coefficient (Wildman–Crippen LogP) is 4.18. The van der Waals surface area contributed by atoms with Crippen LogP contribution < -0.4 is 0 Å². The zero-order chi connectivity index (χ0) is 20.2. The molecule has 6 atom stereocenters. The van der Waals surface area contributed by atoms with Crippen molar-refractivity contribution >= 4 is 6.08 Å². The van der Waals surface area contributed by atoms with Gasteiger partial charge in [0.1, 0.15) is 18.3 Å². The fourth-order valence-corrected chi connectivity index (χ4v) is 3.87. The van der Waals surface area contributed by atoms with Crippen LogP contribution in [0.3, 0.4) is 0 Å². The van der Waals surface area contributed by atoms with Crippen molar-refractivity contribution < 1.29 is 23.7 Å². The second-order valence-corrected chi connectivity index (χ2v) is 7.54. The van der Waals surface area contributed by atoms with Gasteiger partial charge in [-0.2, -0.15) is 0 Å². The molecular formula is C24H28O5. The van der Waals surface area contributed by atoms with Crippen LogP contribution in [0.2, 0.25) is 0 Å². The molecule has 0 radical (unpaired) electrons. The van der Waals surface area contributed by atoms with E-state index in [-0.39, 0.29) is 24.4 Å². The van der Waals surface area contributed by atoms with Crippen molar-refractivity contribution in [3.63, 3.8) is 0 Å². The Morgan fingerprint density at radius 2 is 1.59 bits per heavy atom. The fourth-order valence-electron chi connectivity index (χ4n) is 3.87. The van der Waals surface area contributed by atoms with Crippen LogP contribution in [0, 0.1) is 0 Å². The van der Waals surface area contributed by atoms with Crippen molar-refractivity contribution in [1.29, 1.82) is 0 Å². The first kappa shape index (κ1) is 20.3. The first-order valence-corrected chi connectivity index (χ1v) is 10.0. The molecule has 2 aliphatic rings. The number of ether oxygens (including phenoxy) is 5. The van der Waals surface area contributed by atoms with E-state index in [0.717, 1.165) is 16.7 Å². The van der Waals surface area contributed by atoms with Gasteiger partial charge >= 0.3 is 0 Å². The largest absolute Gasteiger partial charge is 0.368 e. The van der Waals surface area contributed by atoms with Gasteiger partial charge in [0.15, 0.2) is 12.6 Å². The van der Waals surface area contributed by atoms with E-state index in [4.69, 9.17) is 23.7 Å². The zero-order valence-electron chi connectivity index (χ0n) is 17.1. The molecule has 0 bridgehead atoms. The molecule has 0 aliphatic carbocycles. The van der Waals surface area contributed by atoms with Gasteiger partial charge in [0, 0.05) is 7.11 Å². The summed E-state index contributed by atoms with van der Waals surface area (Å²) in [6.07, 6.45) is 0.0959. The minimum Gasteiger partial charge on any atom is -0.368 e. The van der Waals surface area contributed by atoms with Gasteiger partial charge in [-0.05, 0) is 30.5 Å². The standard InChI is InChI=1S/C24H28O5/c1-16(14-18-10-6-4-7-11-18)23-28-21-20(26-15-19-12-8-5-9-13-19)17(2)27-24(25-3)22(21)29-23/h4-14,17,20-24H,15H2,1-3H3/b16-14+/t17-,20-,21+,22+,23+,24+/m0/s1. The van der Waals surface area contributed by atoms with Gasteiger partial charge < -0.3 is 23.7 Å². The average Bonchev–Trinajstić information content (AvgIpc) is 3.19. The van der Waals surface area contributed by atoms with Crippen LogP contribution in [0.25, 0.3) is 6.08 Å². The van der Waals surface area contributed by atoms with Crippen LogP contribution in [-0.2, 0) is 30.3 Å². The smallest absolute Gasteiger partial charge is 0.186 e. The molecule has 0 N–H and O–H groups in total. The Morgan fingerprint density at radius 1 is 0.931 bits per heavy atom. The molecule has 2 aromatic carbocycles. The Kier molecular flexibility index (Phi) is 6.43. The average molecular weight is 396 g/mol. The Balaban J connectivity index is 1.50. The van der Waals surface area contributed by atoms with Crippen LogP contribution >= 0.6 is 0 Å². The summed E-state index contributed by atoms with van der Waals surface area (Å²) < 4.78 is 30.3. The third kappa shape index (κ3) is 4.60. The molecule has 2 aromatic rings. The molecule has 154 valence electrons. The number of methoxy groups -OCH3 is 1. The van der Waals surface area contributed by atoms with Crippen molar-refractivity contribution in [2.75, 3.05) is 7.11 Å². The van der Waals surface area contributed by atoms with Crippen LogP contribution in [0.1, 0.15) is 25.0 Å². The van der Waals surface area contributed by atoms with Gasteiger partial charge in [0.05, 0.1) is 12.7 Å². The highest BCUT2D eigenvalue weighted by molar-refractivity contribution is 5.52. The second-order valence-electron chi connectivity index (χ2n) is 7.54. The number of rotatable bonds is 6. The third-order valence-electron chi connectivity index (χ3n) is 5.37. The maximum absolute atomic E-state index is 6.33. The van der Waals surface area contributed by atoms with Gasteiger partial charge in [-0.15, -0.1) is 0 Å². The van der Waals surface area contributed by atoms with Crippen LogP contribution in [-0.4, -0.2) is 44.1 Å². The van der Waals surface area contributed by atoms with Gasteiger partial charge in [-0.1, -0.05) is 66.7 Å². The lowest BCUT2D eigenvalue weighted by molar-refractivity contribution is -0.270. The number of benzene rings is 2. The summed E-state index contributed by atoms with van der Waals surface area (Å²) in [5, 5.41) is 0. The van der Waals surface area contributed by atoms with E-state index in [2.05, 4.69) is 18.2 Å². The Hall–Kier alpha value is -2.02. The molecule has 5 heteroatoms. The minimum atomic E-state index is -0.485. The molecule has 0 spiro atoms. The predicted molar refractivity (Wildman–Crippen MR) is 110 cm³/mol. The van der Waals surface area contributed by atoms with Crippen molar-refractivity contribution in [2.45, 2.75) is 57.5 Å². The lowest BCUT2D eigenvalue weighted by Gasteiger charge is -2.40. The van der Waals surface area contributed by atoms with Crippen LogP contribution in [0.4, 0.5) is 0 Å². The number of hydrogen-bond acceptors (Lipinski definition) is 5. The van der Waals surface area contributed by atoms with Gasteiger partial charge in [-0.3, -0.25) is 0 Å². The molecule has 0 amide bonds. The second kappa shape index (κ2) is 9.20. The number of hydrogen-bond donors (Lipinski definition) is 0. The highest BCUT2D eigenvalue weighted by Crippen LogP contribution is 2.37. The molecule has 2 fully saturated rings. The quantitative estimate of drug-likeness (QED) is 0.733. The minimum absolute atomic E-state index is 0.175. The first-order chi connectivity index (χ1) is 14.2. The molecule has 2 aliphatic heterocycles. The van der Waals surface area contributed by atoms with E-state index in [1.54, 1.807) is 7.11 Å². The van der Waals surface area contributed by atoms with E-state index >= 15 is 0 Å². The fraction of sp³-hybridized carbons (Fsp3) is 0.417. The van der Waals surface area contributed by atoms with Crippen molar-refractivity contribution in [2.24, 2.45) is 0 Å². The topological polar surface area (TPSA) is 46.2 Å². The summed E-state index contributed by atoms with van der Waals surface area (Å²) in [4.78, 5) is 0. The van der Waals surface area contributed by atoms with Gasteiger partial charge in [0.2, 0.25) is 0 Å². The Labute approximate surface area is 172 Å². The van der Waals surface area contributed by atoms with E-state index in [0.29, 0.717) is 6.61 Å². The van der Waals surface area contributed by atoms with Crippen LogP contribution in [0.15, 0.2) is 66.2 Å². The molecule has 0 unspecified atom stereocenters. The van der Waals surface area contributed by atoms with E-state index in [9.17, 15) is 0 Å². The Bertz CT molecular complexity index is 807. The van der Waals surface area contributed by atoms with Crippen molar-refractivity contribution in [3.8, 4) is 0 Å². The van der Waals surface area contributed by atoms with E-state index in [1.165, 1.54) is 0 Å². The normalized spacial score (nSPS) is 32.2. The maximum Gasteiger partial charge on any atom is 0.186 e. The maximum atomic E-state index is 6.33. The molecule has 5 nitrogen and oxygen atoms in total. The first-order valence-electron chi connectivity index (χ1n) is 10.0. The van der Waals surface area contributed by atoms with Gasteiger partial charge in [0.25, 0.3) is 0 Å². The third-order valence-corrected chi connectivity index (χ3v) is 5.37. The highest BCUT2D eigenvalue weighted by atomic mass is 16.8. The lowest BCUT2D eigenvalue weighted by Crippen LogP contribution is -2.56. The SMILES string of the molecule is CO[C@@H]1O[C@@H](C)[C@H](OCc2ccccc2)[C@H]2O[C@@H](/C(C)=C/c3ccccc3)O[C@@H]12. The summed E-state index contributed by atoms with van der Waals surface area (Å²) in [6, 6.07) is 20.2.